The van der Waals surface area contributed by atoms with E-state index >= 15 is 0 Å². The molecule has 112 valence electrons. The summed E-state index contributed by atoms with van der Waals surface area (Å²) in [5.41, 5.74) is 2.09. The number of amides is 2. The Bertz CT molecular complexity index is 585. The Kier molecular flexibility index (Phi) is 3.68. The van der Waals surface area contributed by atoms with Gasteiger partial charge in [0.05, 0.1) is 11.1 Å². The van der Waals surface area contributed by atoms with Gasteiger partial charge in [0, 0.05) is 31.9 Å². The van der Waals surface area contributed by atoms with Crippen molar-refractivity contribution in [1.82, 2.24) is 10.2 Å². The third-order valence-electron chi connectivity index (χ3n) is 4.41. The van der Waals surface area contributed by atoms with Crippen LogP contribution < -0.4 is 10.2 Å². The second-order valence-corrected chi connectivity index (χ2v) is 5.76. The molecule has 1 aromatic rings. The number of hydrogen-bond acceptors (Lipinski definition) is 4. The third-order valence-corrected chi connectivity index (χ3v) is 4.41. The van der Waals surface area contributed by atoms with E-state index in [2.05, 4.69) is 17.1 Å². The lowest BCUT2D eigenvalue weighted by molar-refractivity contribution is 0.0693. The molecule has 2 aliphatic heterocycles. The van der Waals surface area contributed by atoms with Crippen LogP contribution in [0.1, 0.15) is 40.5 Å². The van der Waals surface area contributed by atoms with E-state index in [1.807, 2.05) is 12.1 Å². The minimum absolute atomic E-state index is 0.197. The van der Waals surface area contributed by atoms with Gasteiger partial charge in [0.15, 0.2) is 0 Å². The lowest BCUT2D eigenvalue weighted by Crippen LogP contribution is -2.37. The summed E-state index contributed by atoms with van der Waals surface area (Å²) in [6, 6.07) is 6.09. The van der Waals surface area contributed by atoms with Gasteiger partial charge in [0.2, 0.25) is 0 Å². The van der Waals surface area contributed by atoms with Crippen LogP contribution in [0, 0.1) is 0 Å². The molecule has 1 unspecified atom stereocenters. The van der Waals surface area contributed by atoms with Crippen molar-refractivity contribution in [2.45, 2.75) is 25.8 Å². The van der Waals surface area contributed by atoms with Crippen molar-refractivity contribution >= 4 is 17.5 Å². The van der Waals surface area contributed by atoms with Gasteiger partial charge in [0.25, 0.3) is 11.8 Å². The Morgan fingerprint density at radius 2 is 2.00 bits per heavy atom. The van der Waals surface area contributed by atoms with E-state index in [0.29, 0.717) is 17.2 Å². The van der Waals surface area contributed by atoms with E-state index in [4.69, 9.17) is 0 Å². The van der Waals surface area contributed by atoms with Crippen molar-refractivity contribution in [1.29, 1.82) is 0 Å². The molecular formula is C16H21N3O2. The van der Waals surface area contributed by atoms with Crippen LogP contribution in [0.2, 0.25) is 0 Å². The summed E-state index contributed by atoms with van der Waals surface area (Å²) < 4.78 is 0. The van der Waals surface area contributed by atoms with Gasteiger partial charge in [-0.1, -0.05) is 6.92 Å². The topological polar surface area (TPSA) is 52.7 Å². The van der Waals surface area contributed by atoms with Crippen LogP contribution in [0.3, 0.4) is 0 Å². The van der Waals surface area contributed by atoms with Crippen LogP contribution in [-0.2, 0) is 0 Å². The standard InChI is InChI=1S/C16H21N3O2/c1-3-11-10-19(8-4-7-17-11)12-5-6-13-14(9-12)16(21)18(2)15(13)20/h5-6,9,11,17H,3-4,7-8,10H2,1-2H3. The van der Waals surface area contributed by atoms with Gasteiger partial charge in [0.1, 0.15) is 0 Å². The molecule has 1 aromatic carbocycles. The molecule has 0 radical (unpaired) electrons. The summed E-state index contributed by atoms with van der Waals surface area (Å²) in [4.78, 5) is 27.5. The minimum Gasteiger partial charge on any atom is -0.370 e. The fraction of sp³-hybridized carbons (Fsp3) is 0.500. The van der Waals surface area contributed by atoms with Crippen LogP contribution in [-0.4, -0.2) is 49.4 Å². The molecule has 1 saturated heterocycles. The zero-order chi connectivity index (χ0) is 15.0. The van der Waals surface area contributed by atoms with E-state index in [1.54, 1.807) is 6.07 Å². The normalized spacial score (nSPS) is 22.5. The third kappa shape index (κ3) is 2.42. The fourth-order valence-electron chi connectivity index (χ4n) is 3.05. The van der Waals surface area contributed by atoms with Crippen LogP contribution in [0.5, 0.6) is 0 Å². The smallest absolute Gasteiger partial charge is 0.261 e. The van der Waals surface area contributed by atoms with Crippen molar-refractivity contribution in [2.24, 2.45) is 0 Å². The maximum Gasteiger partial charge on any atom is 0.261 e. The molecule has 1 fully saturated rings. The molecule has 0 spiro atoms. The lowest BCUT2D eigenvalue weighted by Gasteiger charge is -2.26. The molecule has 21 heavy (non-hydrogen) atoms. The van der Waals surface area contributed by atoms with Crippen LogP contribution in [0.25, 0.3) is 0 Å². The highest BCUT2D eigenvalue weighted by Crippen LogP contribution is 2.27. The SMILES string of the molecule is CCC1CN(c2ccc3c(c2)C(=O)N(C)C3=O)CCCN1. The monoisotopic (exact) mass is 287 g/mol. The maximum absolute atomic E-state index is 12.1. The fourth-order valence-corrected chi connectivity index (χ4v) is 3.05. The molecule has 5 heteroatoms. The molecule has 0 bridgehead atoms. The first-order valence-electron chi connectivity index (χ1n) is 7.56. The van der Waals surface area contributed by atoms with Crippen molar-refractivity contribution in [3.05, 3.63) is 29.3 Å². The van der Waals surface area contributed by atoms with Gasteiger partial charge in [-0.25, -0.2) is 0 Å². The number of rotatable bonds is 2. The summed E-state index contributed by atoms with van der Waals surface area (Å²) >= 11 is 0. The van der Waals surface area contributed by atoms with Gasteiger partial charge in [-0.2, -0.15) is 0 Å². The Labute approximate surface area is 124 Å². The molecule has 1 atom stereocenters. The molecule has 2 aliphatic rings. The minimum atomic E-state index is -0.203. The predicted molar refractivity (Wildman–Crippen MR) is 81.8 cm³/mol. The summed E-state index contributed by atoms with van der Waals surface area (Å²) in [6.07, 6.45) is 2.17. The zero-order valence-electron chi connectivity index (χ0n) is 12.6. The molecule has 5 nitrogen and oxygen atoms in total. The van der Waals surface area contributed by atoms with Gasteiger partial charge in [-0.3, -0.25) is 14.5 Å². The summed E-state index contributed by atoms with van der Waals surface area (Å²) in [5.74, 6) is -0.401. The first-order chi connectivity index (χ1) is 10.1. The summed E-state index contributed by atoms with van der Waals surface area (Å²) in [7, 11) is 1.54. The number of hydrogen-bond donors (Lipinski definition) is 1. The quantitative estimate of drug-likeness (QED) is 0.837. The Morgan fingerprint density at radius 1 is 1.24 bits per heavy atom. The Hall–Kier alpha value is -1.88. The van der Waals surface area contributed by atoms with Gasteiger partial charge < -0.3 is 10.2 Å². The second-order valence-electron chi connectivity index (χ2n) is 5.76. The van der Waals surface area contributed by atoms with Crippen molar-refractivity contribution in [2.75, 3.05) is 31.6 Å². The number of anilines is 1. The Morgan fingerprint density at radius 3 is 2.76 bits per heavy atom. The summed E-state index contributed by atoms with van der Waals surface area (Å²) in [5, 5.41) is 3.54. The first-order valence-corrected chi connectivity index (χ1v) is 7.56. The highest BCUT2D eigenvalue weighted by molar-refractivity contribution is 6.21. The lowest BCUT2D eigenvalue weighted by atomic mass is 10.1. The number of imide groups is 1. The van der Waals surface area contributed by atoms with Gasteiger partial charge >= 0.3 is 0 Å². The van der Waals surface area contributed by atoms with Crippen molar-refractivity contribution in [3.63, 3.8) is 0 Å². The molecule has 2 heterocycles. The van der Waals surface area contributed by atoms with Crippen LogP contribution >= 0.6 is 0 Å². The molecular weight excluding hydrogens is 266 g/mol. The van der Waals surface area contributed by atoms with Crippen molar-refractivity contribution in [3.8, 4) is 0 Å². The van der Waals surface area contributed by atoms with E-state index in [1.165, 1.54) is 11.9 Å². The second kappa shape index (κ2) is 5.48. The largest absolute Gasteiger partial charge is 0.370 e. The number of nitrogens with one attached hydrogen (secondary N) is 1. The van der Waals surface area contributed by atoms with Crippen LogP contribution in [0.15, 0.2) is 18.2 Å². The van der Waals surface area contributed by atoms with E-state index < -0.39 is 0 Å². The molecule has 0 aromatic heterocycles. The number of fused-ring (bicyclic) bond motifs is 1. The van der Waals surface area contributed by atoms with Gasteiger partial charge in [-0.05, 0) is 37.6 Å². The molecule has 1 N–H and O–H groups in total. The molecule has 3 rings (SSSR count). The highest BCUT2D eigenvalue weighted by Gasteiger charge is 2.33. The first kappa shape index (κ1) is 14.1. The van der Waals surface area contributed by atoms with E-state index in [-0.39, 0.29) is 11.8 Å². The van der Waals surface area contributed by atoms with Gasteiger partial charge in [-0.15, -0.1) is 0 Å². The maximum atomic E-state index is 12.1. The summed E-state index contributed by atoms with van der Waals surface area (Å²) in [6.45, 7) is 5.12. The average Bonchev–Trinajstić information content (AvgIpc) is 2.71. The highest BCUT2D eigenvalue weighted by atomic mass is 16.2. The van der Waals surface area contributed by atoms with Crippen molar-refractivity contribution < 1.29 is 9.59 Å². The number of nitrogens with zero attached hydrogens (tertiary/aromatic N) is 2. The van der Waals surface area contributed by atoms with Crippen LogP contribution in [0.4, 0.5) is 5.69 Å². The van der Waals surface area contributed by atoms with E-state index in [0.717, 1.165) is 38.2 Å². The van der Waals surface area contributed by atoms with E-state index in [9.17, 15) is 9.59 Å². The number of carbonyl (C=O) groups is 2. The molecule has 2 amide bonds. The number of benzene rings is 1. The predicted octanol–water partition coefficient (Wildman–Crippen LogP) is 1.49. The molecule has 0 saturated carbocycles. The molecule has 0 aliphatic carbocycles. The number of carbonyl (C=O) groups excluding carboxylic acids is 2. The zero-order valence-corrected chi connectivity index (χ0v) is 12.6. The Balaban J connectivity index is 1.90. The average molecular weight is 287 g/mol.